The normalized spacial score (nSPS) is 16.4. The molecule has 0 radical (unpaired) electrons. The van der Waals surface area contributed by atoms with Crippen molar-refractivity contribution in [1.29, 1.82) is 0 Å². The fraction of sp³-hybridized carbons (Fsp3) is 0.320. The molecule has 1 atom stereocenters. The summed E-state index contributed by atoms with van der Waals surface area (Å²) in [5.41, 5.74) is 1.75. The Morgan fingerprint density at radius 1 is 1.03 bits per heavy atom. The van der Waals surface area contributed by atoms with Gasteiger partial charge >= 0.3 is 0 Å². The second-order valence-electron chi connectivity index (χ2n) is 8.75. The lowest BCUT2D eigenvalue weighted by molar-refractivity contribution is 0.131. The first-order chi connectivity index (χ1) is 16.8. The first-order valence-electron chi connectivity index (χ1n) is 11.5. The van der Waals surface area contributed by atoms with Crippen molar-refractivity contribution in [3.05, 3.63) is 66.4 Å². The van der Waals surface area contributed by atoms with Gasteiger partial charge in [0.2, 0.25) is 15.9 Å². The number of fused-ring (bicyclic) bond motifs is 2. The Bertz CT molecular complexity index is 1490. The summed E-state index contributed by atoms with van der Waals surface area (Å²) in [4.78, 5) is 13.6. The molecule has 10 heteroatoms. The molecule has 1 saturated heterocycles. The van der Waals surface area contributed by atoms with Gasteiger partial charge in [-0.25, -0.2) is 22.1 Å². The summed E-state index contributed by atoms with van der Waals surface area (Å²) in [7, 11) is -3.21. The predicted molar refractivity (Wildman–Crippen MR) is 133 cm³/mol. The van der Waals surface area contributed by atoms with Crippen molar-refractivity contribution in [3.63, 3.8) is 0 Å². The Kier molecular flexibility index (Phi) is 6.24. The Morgan fingerprint density at radius 3 is 2.40 bits per heavy atom. The number of aromatic nitrogens is 3. The topological polar surface area (TPSA) is 97.3 Å². The lowest BCUT2D eigenvalue weighted by Gasteiger charge is -2.30. The van der Waals surface area contributed by atoms with E-state index >= 15 is 0 Å². The Balaban J connectivity index is 1.43. The molecule has 0 spiro atoms. The summed E-state index contributed by atoms with van der Waals surface area (Å²) in [6.07, 6.45) is 3.41. The predicted octanol–water partition coefficient (Wildman–Crippen LogP) is 4.29. The zero-order valence-electron chi connectivity index (χ0n) is 19.5. The summed E-state index contributed by atoms with van der Waals surface area (Å²) in [6, 6.07) is 14.5. The van der Waals surface area contributed by atoms with Gasteiger partial charge in [-0.15, -0.1) is 0 Å². The van der Waals surface area contributed by atoms with Crippen LogP contribution in [-0.4, -0.2) is 53.1 Å². The monoisotopic (exact) mass is 495 g/mol. The maximum absolute atomic E-state index is 14.7. The molecular formula is C25H26FN5O3S. The minimum atomic E-state index is -3.21. The van der Waals surface area contributed by atoms with E-state index in [1.165, 1.54) is 16.8 Å². The minimum absolute atomic E-state index is 0.163. The summed E-state index contributed by atoms with van der Waals surface area (Å²) in [5, 5.41) is 4.67. The highest BCUT2D eigenvalue weighted by Gasteiger charge is 2.27. The van der Waals surface area contributed by atoms with E-state index in [1.807, 2.05) is 55.5 Å². The lowest BCUT2D eigenvalue weighted by atomic mass is 10.1. The number of pyridine rings is 1. The molecule has 0 unspecified atom stereocenters. The second-order valence-corrected chi connectivity index (χ2v) is 10.7. The number of nitrogens with zero attached hydrogens (tertiary/aromatic N) is 4. The number of benzene rings is 2. The summed E-state index contributed by atoms with van der Waals surface area (Å²) >= 11 is 0. The largest absolute Gasteiger partial charge is 0.474 e. The van der Waals surface area contributed by atoms with Crippen LogP contribution in [0, 0.1) is 5.82 Å². The molecule has 1 fully saturated rings. The summed E-state index contributed by atoms with van der Waals surface area (Å²) in [6.45, 7) is 2.69. The number of hydrogen-bond acceptors (Lipinski definition) is 7. The van der Waals surface area contributed by atoms with Gasteiger partial charge in [0.15, 0.2) is 11.6 Å². The fourth-order valence-electron chi connectivity index (χ4n) is 4.33. The average Bonchev–Trinajstić information content (AvgIpc) is 2.85. The maximum Gasteiger partial charge on any atom is 0.225 e. The van der Waals surface area contributed by atoms with Crippen LogP contribution in [0.3, 0.4) is 0 Å². The third kappa shape index (κ3) is 4.89. The van der Waals surface area contributed by atoms with Gasteiger partial charge < -0.3 is 10.1 Å². The number of para-hydroxylation sites is 2. The first kappa shape index (κ1) is 23.4. The smallest absolute Gasteiger partial charge is 0.225 e. The fourth-order valence-corrected chi connectivity index (χ4v) is 5.21. The highest BCUT2D eigenvalue weighted by molar-refractivity contribution is 7.88. The van der Waals surface area contributed by atoms with Crippen molar-refractivity contribution in [2.75, 3.05) is 24.7 Å². The van der Waals surface area contributed by atoms with Gasteiger partial charge in [-0.2, -0.15) is 4.98 Å². The molecule has 8 nitrogen and oxygen atoms in total. The van der Waals surface area contributed by atoms with E-state index in [0.29, 0.717) is 54.2 Å². The molecule has 2 aromatic heterocycles. The highest BCUT2D eigenvalue weighted by Crippen LogP contribution is 2.31. The van der Waals surface area contributed by atoms with Crippen molar-refractivity contribution in [1.82, 2.24) is 19.3 Å². The Morgan fingerprint density at radius 2 is 1.69 bits per heavy atom. The van der Waals surface area contributed by atoms with Crippen LogP contribution >= 0.6 is 0 Å². The van der Waals surface area contributed by atoms with Crippen molar-refractivity contribution >= 4 is 37.5 Å². The molecular weight excluding hydrogens is 469 g/mol. The molecule has 1 N–H and O–H groups in total. The van der Waals surface area contributed by atoms with Crippen molar-refractivity contribution in [3.8, 4) is 5.88 Å². The zero-order chi connectivity index (χ0) is 24.6. The minimum Gasteiger partial charge on any atom is -0.474 e. The van der Waals surface area contributed by atoms with Crippen LogP contribution in [0.15, 0.2) is 54.7 Å². The molecule has 3 heterocycles. The van der Waals surface area contributed by atoms with Crippen LogP contribution in [0.1, 0.15) is 31.6 Å². The second kappa shape index (κ2) is 9.35. The van der Waals surface area contributed by atoms with Gasteiger partial charge in [0.25, 0.3) is 0 Å². The molecule has 0 saturated carbocycles. The standard InChI is InChI=1S/C25H26FN5O3S/c1-16(28-23-18-7-3-5-9-21(18)27-15-20(23)26)24-29-22-10-6-4-8-19(22)25(30-24)34-17-11-13-31(14-12-17)35(2,32)33/h3-10,15-17H,11-14H2,1-2H3,(H,27,28)/t16-/m0/s1. The molecule has 0 bridgehead atoms. The Labute approximate surface area is 203 Å². The lowest BCUT2D eigenvalue weighted by Crippen LogP contribution is -2.41. The quantitative estimate of drug-likeness (QED) is 0.426. The molecule has 5 rings (SSSR count). The summed E-state index contributed by atoms with van der Waals surface area (Å²) < 4.78 is 46.1. The van der Waals surface area contributed by atoms with Crippen LogP contribution in [0.4, 0.5) is 10.1 Å². The number of hydrogen-bond donors (Lipinski definition) is 1. The average molecular weight is 496 g/mol. The number of ether oxygens (including phenoxy) is 1. The van der Waals surface area contributed by atoms with E-state index in [1.54, 1.807) is 0 Å². The van der Waals surface area contributed by atoms with Crippen LogP contribution in [0.5, 0.6) is 5.88 Å². The first-order valence-corrected chi connectivity index (χ1v) is 13.3. The van der Waals surface area contributed by atoms with E-state index < -0.39 is 21.9 Å². The van der Waals surface area contributed by atoms with Gasteiger partial charge in [-0.3, -0.25) is 4.98 Å². The SMILES string of the molecule is C[C@H](Nc1c(F)cnc2ccccc12)c1nc(OC2CCN(S(C)(=O)=O)CC2)c2ccccc2n1. The number of rotatable bonds is 6. The molecule has 182 valence electrons. The van der Waals surface area contributed by atoms with Gasteiger partial charge in [0.05, 0.1) is 40.6 Å². The van der Waals surface area contributed by atoms with Crippen LogP contribution in [0.2, 0.25) is 0 Å². The zero-order valence-corrected chi connectivity index (χ0v) is 20.3. The van der Waals surface area contributed by atoms with E-state index in [0.717, 1.165) is 10.9 Å². The van der Waals surface area contributed by atoms with Crippen LogP contribution in [0.25, 0.3) is 21.8 Å². The number of nitrogens with one attached hydrogen (secondary N) is 1. The molecule has 0 amide bonds. The van der Waals surface area contributed by atoms with E-state index in [4.69, 9.17) is 14.7 Å². The van der Waals surface area contributed by atoms with Crippen LogP contribution < -0.4 is 10.1 Å². The van der Waals surface area contributed by atoms with Crippen molar-refractivity contribution < 1.29 is 17.5 Å². The third-order valence-electron chi connectivity index (χ3n) is 6.21. The van der Waals surface area contributed by atoms with E-state index in [9.17, 15) is 12.8 Å². The van der Waals surface area contributed by atoms with Crippen molar-refractivity contribution in [2.45, 2.75) is 31.9 Å². The van der Waals surface area contributed by atoms with Gasteiger partial charge in [0, 0.05) is 18.5 Å². The third-order valence-corrected chi connectivity index (χ3v) is 7.51. The molecule has 1 aliphatic rings. The Hall–Kier alpha value is -3.37. The van der Waals surface area contributed by atoms with E-state index in [-0.39, 0.29) is 6.10 Å². The number of piperidine rings is 1. The van der Waals surface area contributed by atoms with Gasteiger partial charge in [-0.1, -0.05) is 30.3 Å². The molecule has 4 aromatic rings. The van der Waals surface area contributed by atoms with Gasteiger partial charge in [0.1, 0.15) is 6.10 Å². The number of halogens is 1. The molecule has 2 aromatic carbocycles. The maximum atomic E-state index is 14.7. The van der Waals surface area contributed by atoms with Gasteiger partial charge in [-0.05, 0) is 38.0 Å². The van der Waals surface area contributed by atoms with Crippen molar-refractivity contribution in [2.24, 2.45) is 0 Å². The molecule has 35 heavy (non-hydrogen) atoms. The van der Waals surface area contributed by atoms with Crippen LogP contribution in [-0.2, 0) is 10.0 Å². The van der Waals surface area contributed by atoms with E-state index in [2.05, 4.69) is 10.3 Å². The highest BCUT2D eigenvalue weighted by atomic mass is 32.2. The molecule has 0 aliphatic carbocycles. The number of anilines is 1. The number of sulfonamides is 1. The summed E-state index contributed by atoms with van der Waals surface area (Å²) in [5.74, 6) is 0.454. The molecule has 1 aliphatic heterocycles.